The molecule has 0 atom stereocenters. The first-order valence-electron chi connectivity index (χ1n) is 6.54. The first-order chi connectivity index (χ1) is 11.5. The monoisotopic (exact) mass is 343 g/mol. The fourth-order valence-electron chi connectivity index (χ4n) is 1.66. The summed E-state index contributed by atoms with van der Waals surface area (Å²) in [4.78, 5) is 26.2. The molecule has 2 aromatic rings. The van der Waals surface area contributed by atoms with Crippen LogP contribution in [0, 0.1) is 21.4 Å². The van der Waals surface area contributed by atoms with E-state index in [2.05, 4.69) is 15.6 Å². The predicted octanol–water partition coefficient (Wildman–Crippen LogP) is 3.10. The first kappa shape index (κ1) is 16.9. The van der Waals surface area contributed by atoms with Crippen LogP contribution in [0.3, 0.4) is 0 Å². The third-order valence-corrected chi connectivity index (χ3v) is 3.13. The summed E-state index contributed by atoms with van der Waals surface area (Å²) in [7, 11) is 0. The van der Waals surface area contributed by atoms with Gasteiger partial charge in [0.25, 0.3) is 11.6 Å². The molecular weight excluding hydrogens is 334 g/mol. The summed E-state index contributed by atoms with van der Waals surface area (Å²) in [5.41, 5.74) is -0.443. The Labute approximate surface area is 141 Å². The molecule has 0 fully saturated rings. The summed E-state index contributed by atoms with van der Waals surface area (Å²) in [6.07, 6.45) is 2.73. The molecule has 1 aromatic heterocycles. The van der Waals surface area contributed by atoms with Crippen LogP contribution in [0.2, 0.25) is 5.02 Å². The van der Waals surface area contributed by atoms with E-state index < -0.39 is 10.8 Å². The number of benzene rings is 1. The SMILES string of the molecule is N#C/C(=C/Nc1ccccn1)C(=O)Nc1cc([N+](=O)[O-])ccc1Cl. The molecule has 9 heteroatoms. The minimum atomic E-state index is -0.761. The zero-order chi connectivity index (χ0) is 17.5. The Morgan fingerprint density at radius 1 is 1.38 bits per heavy atom. The number of nitriles is 1. The average molecular weight is 344 g/mol. The Kier molecular flexibility index (Phi) is 5.44. The number of nitrogens with zero attached hydrogens (tertiary/aromatic N) is 3. The number of nitro groups is 1. The highest BCUT2D eigenvalue weighted by molar-refractivity contribution is 6.34. The molecule has 2 rings (SSSR count). The van der Waals surface area contributed by atoms with Crippen molar-refractivity contribution in [2.45, 2.75) is 0 Å². The Balaban J connectivity index is 2.17. The minimum Gasteiger partial charge on any atom is -0.345 e. The number of aromatic nitrogens is 1. The fraction of sp³-hybridized carbons (Fsp3) is 0. The number of carbonyl (C=O) groups is 1. The molecule has 1 aromatic carbocycles. The zero-order valence-corrected chi connectivity index (χ0v) is 12.8. The van der Waals surface area contributed by atoms with Gasteiger partial charge in [0.2, 0.25) is 0 Å². The summed E-state index contributed by atoms with van der Waals surface area (Å²) in [5.74, 6) is -0.310. The average Bonchev–Trinajstić information content (AvgIpc) is 2.58. The third kappa shape index (κ3) is 4.28. The number of nitrogens with one attached hydrogen (secondary N) is 2. The van der Waals surface area contributed by atoms with Gasteiger partial charge in [0.05, 0.1) is 15.6 Å². The van der Waals surface area contributed by atoms with Crippen molar-refractivity contribution in [2.75, 3.05) is 10.6 Å². The van der Waals surface area contributed by atoms with Crippen molar-refractivity contribution in [1.29, 1.82) is 5.26 Å². The van der Waals surface area contributed by atoms with Crippen LogP contribution in [0.5, 0.6) is 0 Å². The van der Waals surface area contributed by atoms with Gasteiger partial charge in [-0.25, -0.2) is 4.98 Å². The number of hydrogen-bond acceptors (Lipinski definition) is 6. The number of halogens is 1. The molecule has 24 heavy (non-hydrogen) atoms. The maximum atomic E-state index is 12.1. The Morgan fingerprint density at radius 3 is 2.79 bits per heavy atom. The molecule has 0 saturated carbocycles. The number of nitro benzene ring substituents is 1. The van der Waals surface area contributed by atoms with Gasteiger partial charge >= 0.3 is 0 Å². The summed E-state index contributed by atoms with van der Waals surface area (Å²) in [5, 5.41) is 25.0. The molecule has 0 saturated heterocycles. The summed E-state index contributed by atoms with van der Waals surface area (Å²) < 4.78 is 0. The highest BCUT2D eigenvalue weighted by Crippen LogP contribution is 2.27. The maximum Gasteiger partial charge on any atom is 0.271 e. The third-order valence-electron chi connectivity index (χ3n) is 2.80. The van der Waals surface area contributed by atoms with Crippen LogP contribution >= 0.6 is 11.6 Å². The molecule has 0 unspecified atom stereocenters. The fourth-order valence-corrected chi connectivity index (χ4v) is 1.82. The van der Waals surface area contributed by atoms with E-state index in [1.54, 1.807) is 30.5 Å². The quantitative estimate of drug-likeness (QED) is 0.372. The Bertz CT molecular complexity index is 846. The largest absolute Gasteiger partial charge is 0.345 e. The predicted molar refractivity (Wildman–Crippen MR) is 88.3 cm³/mol. The van der Waals surface area contributed by atoms with Gasteiger partial charge in [-0.05, 0) is 18.2 Å². The van der Waals surface area contributed by atoms with Crippen molar-refractivity contribution in [3.63, 3.8) is 0 Å². The number of pyridine rings is 1. The van der Waals surface area contributed by atoms with Crippen molar-refractivity contribution < 1.29 is 9.72 Å². The first-order valence-corrected chi connectivity index (χ1v) is 6.92. The highest BCUT2D eigenvalue weighted by Gasteiger charge is 2.15. The highest BCUT2D eigenvalue weighted by atomic mass is 35.5. The molecular formula is C15H10ClN5O3. The zero-order valence-electron chi connectivity index (χ0n) is 12.1. The lowest BCUT2D eigenvalue weighted by atomic mass is 10.2. The Morgan fingerprint density at radius 2 is 2.17 bits per heavy atom. The van der Waals surface area contributed by atoms with Crippen molar-refractivity contribution in [3.8, 4) is 6.07 Å². The minimum absolute atomic E-state index is 0.0369. The van der Waals surface area contributed by atoms with Crippen LogP contribution in [-0.2, 0) is 4.79 Å². The molecule has 8 nitrogen and oxygen atoms in total. The lowest BCUT2D eigenvalue weighted by Gasteiger charge is -2.06. The van der Waals surface area contributed by atoms with Gasteiger partial charge in [-0.15, -0.1) is 0 Å². The van der Waals surface area contributed by atoms with Gasteiger partial charge in [0, 0.05) is 24.5 Å². The summed E-state index contributed by atoms with van der Waals surface area (Å²) in [6.45, 7) is 0. The molecule has 0 spiro atoms. The second-order valence-electron chi connectivity index (χ2n) is 4.40. The molecule has 120 valence electrons. The number of amides is 1. The molecule has 0 aliphatic heterocycles. The van der Waals surface area contributed by atoms with Crippen LogP contribution in [0.25, 0.3) is 0 Å². The van der Waals surface area contributed by atoms with Gasteiger partial charge in [-0.2, -0.15) is 5.26 Å². The standard InChI is InChI=1S/C15H10ClN5O3/c16-12-5-4-11(21(23)24)7-13(12)20-15(22)10(8-17)9-19-14-3-1-2-6-18-14/h1-7,9H,(H,18,19)(H,20,22)/b10-9-. The summed E-state index contributed by atoms with van der Waals surface area (Å²) in [6, 6.07) is 10.4. The number of hydrogen-bond donors (Lipinski definition) is 2. The van der Waals surface area contributed by atoms with Crippen molar-refractivity contribution in [3.05, 3.63) is 69.5 Å². The van der Waals surface area contributed by atoms with E-state index in [0.29, 0.717) is 5.82 Å². The van der Waals surface area contributed by atoms with Crippen molar-refractivity contribution in [1.82, 2.24) is 4.98 Å². The molecule has 1 amide bonds. The van der Waals surface area contributed by atoms with Crippen LogP contribution in [0.15, 0.2) is 54.4 Å². The molecule has 1 heterocycles. The van der Waals surface area contributed by atoms with E-state index in [-0.39, 0.29) is 22.0 Å². The van der Waals surface area contributed by atoms with Gasteiger partial charge < -0.3 is 10.6 Å². The van der Waals surface area contributed by atoms with Crippen LogP contribution in [0.1, 0.15) is 0 Å². The lowest BCUT2D eigenvalue weighted by Crippen LogP contribution is -2.15. The smallest absolute Gasteiger partial charge is 0.271 e. The van der Waals surface area contributed by atoms with E-state index in [1.807, 2.05) is 0 Å². The maximum absolute atomic E-state index is 12.1. The van der Waals surface area contributed by atoms with Gasteiger partial charge in [0.1, 0.15) is 17.5 Å². The van der Waals surface area contributed by atoms with Crippen LogP contribution < -0.4 is 10.6 Å². The van der Waals surface area contributed by atoms with E-state index >= 15 is 0 Å². The molecule has 2 N–H and O–H groups in total. The van der Waals surface area contributed by atoms with Crippen molar-refractivity contribution >= 4 is 34.7 Å². The van der Waals surface area contributed by atoms with Gasteiger partial charge in [-0.1, -0.05) is 17.7 Å². The second kappa shape index (κ2) is 7.71. The normalized spacial score (nSPS) is 10.6. The number of rotatable bonds is 5. The van der Waals surface area contributed by atoms with Crippen molar-refractivity contribution in [2.24, 2.45) is 0 Å². The van der Waals surface area contributed by atoms with E-state index in [1.165, 1.54) is 18.3 Å². The van der Waals surface area contributed by atoms with Crippen LogP contribution in [-0.4, -0.2) is 15.8 Å². The van der Waals surface area contributed by atoms with E-state index in [9.17, 15) is 14.9 Å². The van der Waals surface area contributed by atoms with Gasteiger partial charge in [0.15, 0.2) is 0 Å². The van der Waals surface area contributed by atoms with E-state index in [4.69, 9.17) is 16.9 Å². The molecule has 0 aliphatic rings. The lowest BCUT2D eigenvalue weighted by molar-refractivity contribution is -0.384. The number of non-ortho nitro benzene ring substituents is 1. The number of carbonyl (C=O) groups excluding carboxylic acids is 1. The Hall–Kier alpha value is -3.44. The molecule has 0 bridgehead atoms. The second-order valence-corrected chi connectivity index (χ2v) is 4.81. The topological polar surface area (TPSA) is 121 Å². The van der Waals surface area contributed by atoms with Gasteiger partial charge in [-0.3, -0.25) is 14.9 Å². The molecule has 0 aliphatic carbocycles. The number of anilines is 2. The van der Waals surface area contributed by atoms with E-state index in [0.717, 1.165) is 6.07 Å². The van der Waals surface area contributed by atoms with Crippen LogP contribution in [0.4, 0.5) is 17.2 Å². The summed E-state index contributed by atoms with van der Waals surface area (Å²) >= 11 is 5.90. The molecule has 0 radical (unpaired) electrons.